The van der Waals surface area contributed by atoms with Crippen LogP contribution < -0.4 is 0 Å². The number of pyridine rings is 1. The molecule has 1 aliphatic carbocycles. The van der Waals surface area contributed by atoms with Gasteiger partial charge in [-0.1, -0.05) is 18.5 Å². The summed E-state index contributed by atoms with van der Waals surface area (Å²) in [5.41, 5.74) is 2.13. The standard InChI is InChI=1S/C21H21ClN2O2/c1-12-8-17(12)20-7-5-16(26-20)11-24(3)21(25)18-10-14-9-15(22)4-6-19(14)23-13(18)2/h4-7,9-10,12,17H,8,11H2,1-3H3/t12-,17+/m0/s1. The van der Waals surface area contributed by atoms with Crippen molar-refractivity contribution in [1.29, 1.82) is 0 Å². The number of carbonyl (C=O) groups excluding carboxylic acids is 1. The number of benzene rings is 1. The predicted molar refractivity (Wildman–Crippen MR) is 103 cm³/mol. The summed E-state index contributed by atoms with van der Waals surface area (Å²) in [5, 5.41) is 1.50. The number of aryl methyl sites for hydroxylation is 1. The molecule has 1 aliphatic rings. The summed E-state index contributed by atoms with van der Waals surface area (Å²) in [6.45, 7) is 4.52. The van der Waals surface area contributed by atoms with Crippen molar-refractivity contribution in [3.63, 3.8) is 0 Å². The Bertz CT molecular complexity index is 995. The molecule has 0 spiro atoms. The van der Waals surface area contributed by atoms with Crippen LogP contribution in [0.5, 0.6) is 0 Å². The minimum atomic E-state index is -0.0744. The summed E-state index contributed by atoms with van der Waals surface area (Å²) >= 11 is 6.07. The molecule has 2 atom stereocenters. The second kappa shape index (κ2) is 6.44. The number of hydrogen-bond acceptors (Lipinski definition) is 3. The Hall–Kier alpha value is -2.33. The Morgan fingerprint density at radius 2 is 2.08 bits per heavy atom. The average molecular weight is 369 g/mol. The molecule has 2 aromatic heterocycles. The van der Waals surface area contributed by atoms with Gasteiger partial charge in [-0.2, -0.15) is 0 Å². The summed E-state index contributed by atoms with van der Waals surface area (Å²) in [5.74, 6) is 3.01. The van der Waals surface area contributed by atoms with E-state index in [1.807, 2.05) is 37.3 Å². The number of hydrogen-bond donors (Lipinski definition) is 0. The highest BCUT2D eigenvalue weighted by atomic mass is 35.5. The van der Waals surface area contributed by atoms with E-state index >= 15 is 0 Å². The Labute approximate surface area is 157 Å². The maximum atomic E-state index is 12.9. The van der Waals surface area contributed by atoms with Crippen LogP contribution in [-0.4, -0.2) is 22.8 Å². The van der Waals surface area contributed by atoms with Crippen LogP contribution >= 0.6 is 11.6 Å². The molecule has 1 amide bonds. The molecule has 4 nitrogen and oxygen atoms in total. The van der Waals surface area contributed by atoms with Gasteiger partial charge in [0, 0.05) is 23.4 Å². The molecule has 0 bridgehead atoms. The Balaban J connectivity index is 1.55. The zero-order valence-corrected chi connectivity index (χ0v) is 15.9. The Morgan fingerprint density at radius 1 is 1.31 bits per heavy atom. The quantitative estimate of drug-likeness (QED) is 0.637. The largest absolute Gasteiger partial charge is 0.464 e. The molecule has 134 valence electrons. The number of amides is 1. The third-order valence-corrected chi connectivity index (χ3v) is 5.33. The van der Waals surface area contributed by atoms with E-state index in [2.05, 4.69) is 11.9 Å². The van der Waals surface area contributed by atoms with Crippen LogP contribution in [-0.2, 0) is 6.54 Å². The van der Waals surface area contributed by atoms with E-state index < -0.39 is 0 Å². The zero-order chi connectivity index (χ0) is 18.4. The SMILES string of the molecule is Cc1nc2ccc(Cl)cc2cc1C(=O)N(C)Cc1ccc([C@@H]2C[C@@H]2C)o1. The van der Waals surface area contributed by atoms with E-state index in [1.165, 1.54) is 6.42 Å². The molecular weight excluding hydrogens is 348 g/mol. The lowest BCUT2D eigenvalue weighted by atomic mass is 10.1. The lowest BCUT2D eigenvalue weighted by molar-refractivity contribution is 0.0774. The fraction of sp³-hybridized carbons (Fsp3) is 0.333. The first kappa shape index (κ1) is 17.1. The van der Waals surface area contributed by atoms with Crippen LogP contribution in [0, 0.1) is 12.8 Å². The predicted octanol–water partition coefficient (Wildman–Crippen LogP) is 5.19. The molecular formula is C21H21ClN2O2. The number of nitrogens with zero attached hydrogens (tertiary/aromatic N) is 2. The van der Waals surface area contributed by atoms with Gasteiger partial charge < -0.3 is 9.32 Å². The lowest BCUT2D eigenvalue weighted by Gasteiger charge is -2.17. The minimum Gasteiger partial charge on any atom is -0.464 e. The van der Waals surface area contributed by atoms with Crippen molar-refractivity contribution in [2.24, 2.45) is 5.92 Å². The monoisotopic (exact) mass is 368 g/mol. The van der Waals surface area contributed by atoms with Crippen molar-refractivity contribution >= 4 is 28.4 Å². The molecule has 0 N–H and O–H groups in total. The zero-order valence-electron chi connectivity index (χ0n) is 15.1. The van der Waals surface area contributed by atoms with Crippen LogP contribution in [0.25, 0.3) is 10.9 Å². The molecule has 0 radical (unpaired) electrons. The van der Waals surface area contributed by atoms with Gasteiger partial charge in [-0.05, 0) is 55.7 Å². The van der Waals surface area contributed by atoms with Crippen molar-refractivity contribution in [2.45, 2.75) is 32.7 Å². The molecule has 0 unspecified atom stereocenters. The molecule has 3 aromatic rings. The van der Waals surface area contributed by atoms with Gasteiger partial charge in [0.25, 0.3) is 5.91 Å². The van der Waals surface area contributed by atoms with Crippen LogP contribution in [0.3, 0.4) is 0 Å². The number of fused-ring (bicyclic) bond motifs is 1. The van der Waals surface area contributed by atoms with Crippen molar-refractivity contribution in [3.8, 4) is 0 Å². The third kappa shape index (κ3) is 3.21. The molecule has 4 rings (SSSR count). The molecule has 1 fully saturated rings. The number of halogens is 1. The Kier molecular flexibility index (Phi) is 4.23. The van der Waals surface area contributed by atoms with Crippen LogP contribution in [0.1, 0.15) is 46.8 Å². The molecule has 0 saturated heterocycles. The van der Waals surface area contributed by atoms with Gasteiger partial charge in [-0.15, -0.1) is 0 Å². The Morgan fingerprint density at radius 3 is 2.81 bits per heavy atom. The van der Waals surface area contributed by atoms with E-state index in [4.69, 9.17) is 16.0 Å². The van der Waals surface area contributed by atoms with Crippen LogP contribution in [0.2, 0.25) is 5.02 Å². The van der Waals surface area contributed by atoms with Gasteiger partial charge in [0.2, 0.25) is 0 Å². The van der Waals surface area contributed by atoms with Crippen molar-refractivity contribution in [1.82, 2.24) is 9.88 Å². The highest BCUT2D eigenvalue weighted by Gasteiger charge is 2.36. The first-order chi connectivity index (χ1) is 12.4. The van der Waals surface area contributed by atoms with E-state index in [0.717, 1.165) is 22.4 Å². The number of aromatic nitrogens is 1. The molecule has 5 heteroatoms. The summed E-state index contributed by atoms with van der Waals surface area (Å²) in [7, 11) is 1.78. The minimum absolute atomic E-state index is 0.0744. The summed E-state index contributed by atoms with van der Waals surface area (Å²) in [6.07, 6.45) is 1.19. The second-order valence-electron chi connectivity index (χ2n) is 7.24. The van der Waals surface area contributed by atoms with E-state index in [1.54, 1.807) is 18.0 Å². The number of furan rings is 1. The van der Waals surface area contributed by atoms with Crippen LogP contribution in [0.15, 0.2) is 40.8 Å². The van der Waals surface area contributed by atoms with Gasteiger partial charge in [0.15, 0.2) is 0 Å². The normalized spacial score (nSPS) is 18.9. The van der Waals surface area contributed by atoms with Crippen molar-refractivity contribution in [2.75, 3.05) is 7.05 Å². The molecule has 0 aliphatic heterocycles. The summed E-state index contributed by atoms with van der Waals surface area (Å²) < 4.78 is 5.92. The summed E-state index contributed by atoms with van der Waals surface area (Å²) in [4.78, 5) is 19.1. The average Bonchev–Trinajstić information content (AvgIpc) is 3.15. The van der Waals surface area contributed by atoms with Crippen molar-refractivity contribution < 1.29 is 9.21 Å². The second-order valence-corrected chi connectivity index (χ2v) is 7.68. The maximum absolute atomic E-state index is 12.9. The van der Waals surface area contributed by atoms with Gasteiger partial charge in [-0.25, -0.2) is 0 Å². The number of rotatable bonds is 4. The third-order valence-electron chi connectivity index (χ3n) is 5.09. The highest BCUT2D eigenvalue weighted by Crippen LogP contribution is 2.47. The van der Waals surface area contributed by atoms with E-state index in [9.17, 15) is 4.79 Å². The fourth-order valence-corrected chi connectivity index (χ4v) is 3.55. The van der Waals surface area contributed by atoms with E-state index in [-0.39, 0.29) is 5.91 Å². The molecule has 2 heterocycles. The highest BCUT2D eigenvalue weighted by molar-refractivity contribution is 6.31. The van der Waals surface area contributed by atoms with Gasteiger partial charge >= 0.3 is 0 Å². The number of carbonyl (C=O) groups is 1. The smallest absolute Gasteiger partial charge is 0.255 e. The summed E-state index contributed by atoms with van der Waals surface area (Å²) in [6, 6.07) is 11.4. The molecule has 26 heavy (non-hydrogen) atoms. The maximum Gasteiger partial charge on any atom is 0.255 e. The van der Waals surface area contributed by atoms with Gasteiger partial charge in [0.05, 0.1) is 23.3 Å². The topological polar surface area (TPSA) is 46.3 Å². The lowest BCUT2D eigenvalue weighted by Crippen LogP contribution is -2.27. The van der Waals surface area contributed by atoms with Crippen LogP contribution in [0.4, 0.5) is 0 Å². The van der Waals surface area contributed by atoms with E-state index in [0.29, 0.717) is 34.7 Å². The van der Waals surface area contributed by atoms with Crippen molar-refractivity contribution in [3.05, 3.63) is 64.2 Å². The van der Waals surface area contributed by atoms with Gasteiger partial charge in [-0.3, -0.25) is 9.78 Å². The molecule has 1 aromatic carbocycles. The molecule has 1 saturated carbocycles. The first-order valence-corrected chi connectivity index (χ1v) is 9.21. The first-order valence-electron chi connectivity index (χ1n) is 8.83. The fourth-order valence-electron chi connectivity index (χ4n) is 3.37. The van der Waals surface area contributed by atoms with Gasteiger partial charge in [0.1, 0.15) is 11.5 Å².